The molecule has 2 unspecified atom stereocenters. The summed E-state index contributed by atoms with van der Waals surface area (Å²) in [6.45, 7) is 2.01. The van der Waals surface area contributed by atoms with Crippen LogP contribution in [0.4, 0.5) is 0 Å². The largest absolute Gasteiger partial charge is 0.326 e. The van der Waals surface area contributed by atoms with Gasteiger partial charge < -0.3 is 11.5 Å². The minimum absolute atomic E-state index is 0.0728. The molecule has 19 heavy (non-hydrogen) atoms. The number of benzene rings is 1. The maximum atomic E-state index is 6.04. The van der Waals surface area contributed by atoms with E-state index in [4.69, 9.17) is 23.1 Å². The number of nitrogens with zero attached hydrogens (tertiary/aromatic N) is 2. The zero-order chi connectivity index (χ0) is 13.8. The monoisotopic (exact) mass is 296 g/mol. The number of rotatable bonds is 5. The lowest BCUT2D eigenvalue weighted by atomic mass is 10.1. The van der Waals surface area contributed by atoms with Crippen molar-refractivity contribution in [3.63, 3.8) is 0 Å². The molecule has 0 bridgehead atoms. The number of hydrogen-bond acceptors (Lipinski definition) is 5. The number of nitrogens with two attached hydrogens (primary N) is 2. The maximum Gasteiger partial charge on any atom is 0.147 e. The average molecular weight is 297 g/mol. The fourth-order valence-electron chi connectivity index (χ4n) is 1.70. The molecule has 4 nitrogen and oxygen atoms in total. The van der Waals surface area contributed by atoms with Gasteiger partial charge in [-0.05, 0) is 35.6 Å². The van der Waals surface area contributed by atoms with Gasteiger partial charge in [0.2, 0.25) is 0 Å². The minimum atomic E-state index is -0.235. The zero-order valence-electron chi connectivity index (χ0n) is 10.7. The molecule has 1 aromatic carbocycles. The van der Waals surface area contributed by atoms with Crippen molar-refractivity contribution in [3.05, 3.63) is 45.7 Å². The molecule has 0 saturated heterocycles. The Morgan fingerprint density at radius 2 is 1.95 bits per heavy atom. The lowest BCUT2D eigenvalue weighted by molar-refractivity contribution is 0.529. The molecule has 0 aliphatic rings. The van der Waals surface area contributed by atoms with Crippen molar-refractivity contribution in [2.24, 2.45) is 11.5 Å². The normalized spacial score (nSPS) is 14.3. The van der Waals surface area contributed by atoms with Crippen molar-refractivity contribution in [3.8, 4) is 0 Å². The number of halogens is 1. The van der Waals surface area contributed by atoms with Crippen LogP contribution in [-0.2, 0) is 6.42 Å². The van der Waals surface area contributed by atoms with Gasteiger partial charge >= 0.3 is 0 Å². The smallest absolute Gasteiger partial charge is 0.147 e. The molecule has 1 aromatic heterocycles. The molecule has 0 spiro atoms. The van der Waals surface area contributed by atoms with E-state index in [9.17, 15) is 0 Å². The first-order valence-corrected chi connectivity index (χ1v) is 7.33. The van der Waals surface area contributed by atoms with Crippen molar-refractivity contribution in [1.29, 1.82) is 0 Å². The molecule has 2 aromatic rings. The summed E-state index contributed by atoms with van der Waals surface area (Å²) < 4.78 is 4.33. The fourth-order valence-corrected chi connectivity index (χ4v) is 2.57. The van der Waals surface area contributed by atoms with E-state index < -0.39 is 0 Å². The molecule has 102 valence electrons. The molecule has 4 N–H and O–H groups in total. The first kappa shape index (κ1) is 14.4. The molecule has 0 amide bonds. The van der Waals surface area contributed by atoms with Crippen LogP contribution in [0.15, 0.2) is 24.3 Å². The third-order valence-corrected chi connectivity index (χ3v) is 4.08. The van der Waals surface area contributed by atoms with Crippen LogP contribution in [0, 0.1) is 0 Å². The summed E-state index contributed by atoms with van der Waals surface area (Å²) >= 11 is 7.18. The van der Waals surface area contributed by atoms with E-state index in [0.29, 0.717) is 6.42 Å². The third kappa shape index (κ3) is 3.73. The Morgan fingerprint density at radius 1 is 1.26 bits per heavy atom. The van der Waals surface area contributed by atoms with E-state index in [1.807, 2.05) is 31.2 Å². The van der Waals surface area contributed by atoms with Gasteiger partial charge in [0.05, 0.1) is 6.04 Å². The highest BCUT2D eigenvalue weighted by Gasteiger charge is 2.18. The summed E-state index contributed by atoms with van der Waals surface area (Å²) in [5.41, 5.74) is 13.1. The molecule has 0 radical (unpaired) electrons. The van der Waals surface area contributed by atoms with Crippen molar-refractivity contribution in [2.75, 3.05) is 0 Å². The van der Waals surface area contributed by atoms with Gasteiger partial charge in [-0.3, -0.25) is 0 Å². The predicted molar refractivity (Wildman–Crippen MR) is 79.4 cm³/mol. The summed E-state index contributed by atoms with van der Waals surface area (Å²) in [6.07, 6.45) is 1.51. The van der Waals surface area contributed by atoms with Crippen LogP contribution in [0.3, 0.4) is 0 Å². The Balaban J connectivity index is 2.07. The Labute approximate surface area is 122 Å². The van der Waals surface area contributed by atoms with E-state index in [2.05, 4.69) is 9.36 Å². The maximum absolute atomic E-state index is 6.04. The summed E-state index contributed by atoms with van der Waals surface area (Å²) in [6, 6.07) is 7.37. The van der Waals surface area contributed by atoms with Crippen molar-refractivity contribution in [2.45, 2.75) is 31.8 Å². The zero-order valence-corrected chi connectivity index (χ0v) is 12.3. The lowest BCUT2D eigenvalue weighted by Crippen LogP contribution is -2.33. The van der Waals surface area contributed by atoms with Crippen LogP contribution in [-0.4, -0.2) is 15.4 Å². The Hall–Kier alpha value is -1.01. The quantitative estimate of drug-likeness (QED) is 0.889. The van der Waals surface area contributed by atoms with Crippen molar-refractivity contribution < 1.29 is 0 Å². The highest BCUT2D eigenvalue weighted by Crippen LogP contribution is 2.19. The van der Waals surface area contributed by atoms with Crippen LogP contribution >= 0.6 is 23.1 Å². The summed E-state index contributed by atoms with van der Waals surface area (Å²) in [7, 11) is 0. The Kier molecular flexibility index (Phi) is 4.87. The van der Waals surface area contributed by atoms with E-state index in [-0.39, 0.29) is 12.1 Å². The van der Waals surface area contributed by atoms with Gasteiger partial charge in [-0.2, -0.15) is 4.37 Å². The first-order chi connectivity index (χ1) is 9.10. The molecular formula is C13H17ClN4S. The third-order valence-electron chi connectivity index (χ3n) is 2.98. The number of hydrogen-bond donors (Lipinski definition) is 2. The van der Waals surface area contributed by atoms with E-state index in [1.54, 1.807) is 0 Å². The summed E-state index contributed by atoms with van der Waals surface area (Å²) in [5, 5.41) is 1.53. The summed E-state index contributed by atoms with van der Waals surface area (Å²) in [5.74, 6) is 0.779. The van der Waals surface area contributed by atoms with E-state index >= 15 is 0 Å². The SMILES string of the molecule is CCC(N)C(N)c1nc(Cc2ccc(Cl)cc2)ns1. The molecule has 0 saturated carbocycles. The van der Waals surface area contributed by atoms with Gasteiger partial charge in [-0.15, -0.1) is 0 Å². The van der Waals surface area contributed by atoms with Crippen LogP contribution in [0.1, 0.15) is 35.8 Å². The lowest BCUT2D eigenvalue weighted by Gasteiger charge is -2.14. The first-order valence-electron chi connectivity index (χ1n) is 6.18. The standard InChI is InChI=1S/C13H17ClN4S/c1-2-10(15)12(16)13-17-11(18-19-13)7-8-3-5-9(14)6-4-8/h3-6,10,12H,2,7,15-16H2,1H3. The second kappa shape index (κ2) is 6.43. The van der Waals surface area contributed by atoms with Gasteiger partial charge in [-0.25, -0.2) is 4.98 Å². The number of aromatic nitrogens is 2. The molecule has 0 aliphatic heterocycles. The van der Waals surface area contributed by atoms with Crippen molar-refractivity contribution in [1.82, 2.24) is 9.36 Å². The van der Waals surface area contributed by atoms with Gasteiger partial charge in [0.15, 0.2) is 0 Å². The van der Waals surface area contributed by atoms with Gasteiger partial charge in [0.25, 0.3) is 0 Å². The molecular weight excluding hydrogens is 280 g/mol. The average Bonchev–Trinajstić information content (AvgIpc) is 2.88. The van der Waals surface area contributed by atoms with Crippen molar-refractivity contribution >= 4 is 23.1 Å². The molecule has 2 rings (SSSR count). The summed E-state index contributed by atoms with van der Waals surface area (Å²) in [4.78, 5) is 4.47. The fraction of sp³-hybridized carbons (Fsp3) is 0.385. The Bertz CT molecular complexity index is 526. The Morgan fingerprint density at radius 3 is 2.58 bits per heavy atom. The van der Waals surface area contributed by atoms with E-state index in [0.717, 1.165) is 27.8 Å². The second-order valence-corrected chi connectivity index (χ2v) is 5.67. The predicted octanol–water partition coefficient (Wildman–Crippen LogP) is 2.52. The minimum Gasteiger partial charge on any atom is -0.326 e. The van der Waals surface area contributed by atoms with Crippen LogP contribution < -0.4 is 11.5 Å². The molecule has 2 atom stereocenters. The van der Waals surface area contributed by atoms with Gasteiger partial charge in [-0.1, -0.05) is 30.7 Å². The highest BCUT2D eigenvalue weighted by atomic mass is 35.5. The molecule has 1 heterocycles. The highest BCUT2D eigenvalue weighted by molar-refractivity contribution is 7.05. The van der Waals surface area contributed by atoms with Crippen LogP contribution in [0.25, 0.3) is 0 Å². The molecule has 0 fully saturated rings. The van der Waals surface area contributed by atoms with Gasteiger partial charge in [0, 0.05) is 17.5 Å². The second-order valence-electron chi connectivity index (χ2n) is 4.45. The van der Waals surface area contributed by atoms with Crippen LogP contribution in [0.5, 0.6) is 0 Å². The topological polar surface area (TPSA) is 77.8 Å². The molecule has 0 aliphatic carbocycles. The van der Waals surface area contributed by atoms with Gasteiger partial charge in [0.1, 0.15) is 10.8 Å². The molecule has 6 heteroatoms. The van der Waals surface area contributed by atoms with Crippen LogP contribution in [0.2, 0.25) is 5.02 Å². The van der Waals surface area contributed by atoms with E-state index in [1.165, 1.54) is 11.5 Å².